The second kappa shape index (κ2) is 5.43. The van der Waals surface area contributed by atoms with Crippen molar-refractivity contribution in [3.63, 3.8) is 0 Å². The van der Waals surface area contributed by atoms with E-state index in [9.17, 15) is 8.42 Å². The number of sulfonamides is 1. The quantitative estimate of drug-likeness (QED) is 0.812. The van der Waals surface area contributed by atoms with Crippen molar-refractivity contribution in [3.05, 3.63) is 29.8 Å². The maximum absolute atomic E-state index is 11.7. The molecule has 0 fully saturated rings. The maximum Gasteiger partial charge on any atom is 0.240 e. The number of aliphatic hydroxyl groups excluding tert-OH is 1. The highest BCUT2D eigenvalue weighted by Crippen LogP contribution is 2.09. The van der Waals surface area contributed by atoms with Gasteiger partial charge in [-0.25, -0.2) is 13.1 Å². The van der Waals surface area contributed by atoms with Crippen molar-refractivity contribution < 1.29 is 13.5 Å². The number of nitrogens with one attached hydrogen (secondary N) is 1. The molecule has 0 aliphatic heterocycles. The van der Waals surface area contributed by atoms with Crippen molar-refractivity contribution >= 4 is 10.0 Å². The summed E-state index contributed by atoms with van der Waals surface area (Å²) in [6, 6.07) is 6.65. The molecule has 1 unspecified atom stereocenters. The highest BCUT2D eigenvalue weighted by atomic mass is 32.2. The van der Waals surface area contributed by atoms with Gasteiger partial charge in [0.15, 0.2) is 0 Å². The molecule has 0 amide bonds. The molecule has 90 valence electrons. The molecule has 2 N–H and O–H groups in total. The van der Waals surface area contributed by atoms with Crippen LogP contribution in [0.1, 0.15) is 18.9 Å². The molecule has 1 atom stereocenters. The summed E-state index contributed by atoms with van der Waals surface area (Å²) in [5.74, 6) is 0. The Morgan fingerprint density at radius 3 is 2.38 bits per heavy atom. The summed E-state index contributed by atoms with van der Waals surface area (Å²) in [5.41, 5.74) is 1.02. The monoisotopic (exact) mass is 243 g/mol. The first-order valence-corrected chi connectivity index (χ1v) is 6.64. The van der Waals surface area contributed by atoms with Gasteiger partial charge >= 0.3 is 0 Å². The summed E-state index contributed by atoms with van der Waals surface area (Å²) in [6.07, 6.45) is -0.0915. The number of aryl methyl sites for hydroxylation is 1. The third-order valence-corrected chi connectivity index (χ3v) is 3.66. The molecule has 4 nitrogen and oxygen atoms in total. The Morgan fingerprint density at radius 2 is 1.88 bits per heavy atom. The van der Waals surface area contributed by atoms with Crippen molar-refractivity contribution in [2.45, 2.75) is 31.3 Å². The molecular weight excluding hydrogens is 226 g/mol. The summed E-state index contributed by atoms with van der Waals surface area (Å²) in [5, 5.41) is 9.02. The fourth-order valence-electron chi connectivity index (χ4n) is 1.20. The molecule has 0 heterocycles. The average Bonchev–Trinajstić information content (AvgIpc) is 2.17. The molecule has 0 radical (unpaired) electrons. The minimum absolute atomic E-state index is 0.244. The summed E-state index contributed by atoms with van der Waals surface area (Å²) < 4.78 is 25.9. The van der Waals surface area contributed by atoms with Gasteiger partial charge in [-0.15, -0.1) is 0 Å². The lowest BCUT2D eigenvalue weighted by atomic mass is 10.2. The summed E-state index contributed by atoms with van der Waals surface area (Å²) in [6.45, 7) is 3.77. The fourth-order valence-corrected chi connectivity index (χ4v) is 2.25. The second-order valence-electron chi connectivity index (χ2n) is 3.85. The van der Waals surface area contributed by atoms with E-state index >= 15 is 0 Å². The SMILES string of the molecule is Cc1ccc(S(=O)(=O)NCCC(C)O)cc1. The highest BCUT2D eigenvalue weighted by molar-refractivity contribution is 7.89. The lowest BCUT2D eigenvalue weighted by Crippen LogP contribution is -2.26. The minimum Gasteiger partial charge on any atom is -0.393 e. The van der Waals surface area contributed by atoms with E-state index in [0.29, 0.717) is 6.42 Å². The fraction of sp³-hybridized carbons (Fsp3) is 0.455. The van der Waals surface area contributed by atoms with Crippen molar-refractivity contribution in [2.24, 2.45) is 0 Å². The zero-order valence-corrected chi connectivity index (χ0v) is 10.3. The van der Waals surface area contributed by atoms with Crippen molar-refractivity contribution in [2.75, 3.05) is 6.54 Å². The lowest BCUT2D eigenvalue weighted by Gasteiger charge is -2.08. The smallest absolute Gasteiger partial charge is 0.240 e. The molecule has 0 aromatic heterocycles. The summed E-state index contributed by atoms with van der Waals surface area (Å²) in [7, 11) is -3.43. The van der Waals surface area contributed by atoms with Gasteiger partial charge in [-0.3, -0.25) is 0 Å². The van der Waals surface area contributed by atoms with Gasteiger partial charge in [0.05, 0.1) is 11.0 Å². The van der Waals surface area contributed by atoms with Crippen LogP contribution in [0.4, 0.5) is 0 Å². The molecule has 16 heavy (non-hydrogen) atoms. The first kappa shape index (κ1) is 13.2. The molecule has 0 saturated heterocycles. The third-order valence-electron chi connectivity index (χ3n) is 2.19. The zero-order chi connectivity index (χ0) is 12.2. The van der Waals surface area contributed by atoms with E-state index in [4.69, 9.17) is 5.11 Å². The number of hydrogen-bond donors (Lipinski definition) is 2. The van der Waals surface area contributed by atoms with Crippen LogP contribution >= 0.6 is 0 Å². The maximum atomic E-state index is 11.7. The zero-order valence-electron chi connectivity index (χ0n) is 9.47. The van der Waals surface area contributed by atoms with Gasteiger partial charge < -0.3 is 5.11 Å². The first-order valence-electron chi connectivity index (χ1n) is 5.16. The Morgan fingerprint density at radius 1 is 1.31 bits per heavy atom. The van der Waals surface area contributed by atoms with E-state index in [0.717, 1.165) is 5.56 Å². The Balaban J connectivity index is 2.67. The van der Waals surface area contributed by atoms with E-state index in [1.165, 1.54) is 0 Å². The lowest BCUT2D eigenvalue weighted by molar-refractivity contribution is 0.186. The van der Waals surface area contributed by atoms with Crippen molar-refractivity contribution in [3.8, 4) is 0 Å². The molecule has 1 aromatic rings. The largest absolute Gasteiger partial charge is 0.393 e. The number of aliphatic hydroxyl groups is 1. The van der Waals surface area contributed by atoms with E-state index in [-0.39, 0.29) is 11.4 Å². The molecule has 0 bridgehead atoms. The number of hydrogen-bond acceptors (Lipinski definition) is 3. The van der Waals surface area contributed by atoms with E-state index in [1.807, 2.05) is 6.92 Å². The van der Waals surface area contributed by atoms with Gasteiger partial charge in [-0.1, -0.05) is 17.7 Å². The Hall–Kier alpha value is -0.910. The van der Waals surface area contributed by atoms with Crippen LogP contribution in [0.15, 0.2) is 29.2 Å². The van der Waals surface area contributed by atoms with Crippen LogP contribution in [-0.2, 0) is 10.0 Å². The van der Waals surface area contributed by atoms with Crippen LogP contribution < -0.4 is 4.72 Å². The average molecular weight is 243 g/mol. The normalized spacial score (nSPS) is 13.7. The first-order chi connectivity index (χ1) is 7.42. The molecule has 0 saturated carbocycles. The molecule has 1 aromatic carbocycles. The summed E-state index contributed by atoms with van der Waals surface area (Å²) >= 11 is 0. The highest BCUT2D eigenvalue weighted by Gasteiger charge is 2.12. The van der Waals surface area contributed by atoms with Crippen molar-refractivity contribution in [1.29, 1.82) is 0 Å². The van der Waals surface area contributed by atoms with E-state index in [2.05, 4.69) is 4.72 Å². The van der Waals surface area contributed by atoms with Gasteiger partial charge in [0, 0.05) is 6.54 Å². The standard InChI is InChI=1S/C11H17NO3S/c1-9-3-5-11(6-4-9)16(14,15)12-8-7-10(2)13/h3-6,10,12-13H,7-8H2,1-2H3. The predicted octanol–water partition coefficient (Wildman–Crippen LogP) is 1.04. The van der Waals surface area contributed by atoms with Gasteiger partial charge in [-0.05, 0) is 32.4 Å². The molecule has 1 rings (SSSR count). The number of benzene rings is 1. The van der Waals surface area contributed by atoms with Crippen LogP contribution in [-0.4, -0.2) is 26.2 Å². The number of rotatable bonds is 5. The Bertz CT molecular complexity index is 423. The van der Waals surface area contributed by atoms with Crippen LogP contribution in [0.3, 0.4) is 0 Å². The Kier molecular flexibility index (Phi) is 4.46. The van der Waals surface area contributed by atoms with Crippen LogP contribution in [0, 0.1) is 6.92 Å². The molecule has 5 heteroatoms. The van der Waals surface area contributed by atoms with E-state index < -0.39 is 16.1 Å². The molecule has 0 aliphatic rings. The summed E-state index contributed by atoms with van der Waals surface area (Å²) in [4.78, 5) is 0.253. The minimum atomic E-state index is -3.43. The second-order valence-corrected chi connectivity index (χ2v) is 5.62. The topological polar surface area (TPSA) is 66.4 Å². The molecule has 0 spiro atoms. The van der Waals surface area contributed by atoms with Gasteiger partial charge in [0.2, 0.25) is 10.0 Å². The van der Waals surface area contributed by atoms with Crippen LogP contribution in [0.25, 0.3) is 0 Å². The van der Waals surface area contributed by atoms with Crippen LogP contribution in [0.2, 0.25) is 0 Å². The Labute approximate surface area is 96.4 Å². The van der Waals surface area contributed by atoms with Gasteiger partial charge in [0.25, 0.3) is 0 Å². The van der Waals surface area contributed by atoms with Crippen molar-refractivity contribution in [1.82, 2.24) is 4.72 Å². The molecular formula is C11H17NO3S. The van der Waals surface area contributed by atoms with E-state index in [1.54, 1.807) is 31.2 Å². The van der Waals surface area contributed by atoms with Gasteiger partial charge in [0.1, 0.15) is 0 Å². The molecule has 0 aliphatic carbocycles. The van der Waals surface area contributed by atoms with Crippen LogP contribution in [0.5, 0.6) is 0 Å². The third kappa shape index (κ3) is 3.92. The predicted molar refractivity (Wildman–Crippen MR) is 62.7 cm³/mol. The van der Waals surface area contributed by atoms with Gasteiger partial charge in [-0.2, -0.15) is 0 Å².